The zero-order valence-electron chi connectivity index (χ0n) is 11.6. The van der Waals surface area contributed by atoms with E-state index in [1.54, 1.807) is 0 Å². The molecule has 0 radical (unpaired) electrons. The highest BCUT2D eigenvalue weighted by molar-refractivity contribution is 5.37. The van der Waals surface area contributed by atoms with Crippen LogP contribution in [0.25, 0.3) is 0 Å². The van der Waals surface area contributed by atoms with Gasteiger partial charge in [-0.1, -0.05) is 17.7 Å². The summed E-state index contributed by atoms with van der Waals surface area (Å²) in [4.78, 5) is 0. The minimum atomic E-state index is 0.215. The molecule has 1 aromatic rings. The van der Waals surface area contributed by atoms with Crippen molar-refractivity contribution in [2.45, 2.75) is 53.5 Å². The molecule has 0 aliphatic heterocycles. The first-order valence-electron chi connectivity index (χ1n) is 6.11. The van der Waals surface area contributed by atoms with E-state index in [9.17, 15) is 0 Å². The SMILES string of the molecule is Cc1cc(C)c(CCNC(C)(C)C)c(C)c1. The molecule has 0 aromatic heterocycles. The number of benzene rings is 1. The van der Waals surface area contributed by atoms with E-state index in [2.05, 4.69) is 59.0 Å². The summed E-state index contributed by atoms with van der Waals surface area (Å²) in [6, 6.07) is 4.55. The lowest BCUT2D eigenvalue weighted by Crippen LogP contribution is -2.37. The zero-order valence-corrected chi connectivity index (χ0v) is 11.6. The molecule has 0 aliphatic rings. The topological polar surface area (TPSA) is 12.0 Å². The van der Waals surface area contributed by atoms with E-state index in [-0.39, 0.29) is 5.54 Å². The highest BCUT2D eigenvalue weighted by Crippen LogP contribution is 2.16. The fraction of sp³-hybridized carbons (Fsp3) is 0.600. The summed E-state index contributed by atoms with van der Waals surface area (Å²) in [6.45, 7) is 14.3. The summed E-state index contributed by atoms with van der Waals surface area (Å²) >= 11 is 0. The summed E-state index contributed by atoms with van der Waals surface area (Å²) in [5.41, 5.74) is 5.93. The molecular weight excluding hydrogens is 194 g/mol. The molecule has 0 bridgehead atoms. The first-order chi connectivity index (χ1) is 7.29. The van der Waals surface area contributed by atoms with Crippen LogP contribution in [-0.4, -0.2) is 12.1 Å². The third kappa shape index (κ3) is 3.97. The smallest absolute Gasteiger partial charge is 0.00966 e. The Morgan fingerprint density at radius 1 is 1.00 bits per heavy atom. The van der Waals surface area contributed by atoms with Gasteiger partial charge < -0.3 is 5.32 Å². The molecule has 16 heavy (non-hydrogen) atoms. The summed E-state index contributed by atoms with van der Waals surface area (Å²) in [7, 11) is 0. The van der Waals surface area contributed by atoms with E-state index < -0.39 is 0 Å². The Kier molecular flexibility index (Phi) is 4.15. The van der Waals surface area contributed by atoms with Crippen molar-refractivity contribution >= 4 is 0 Å². The molecule has 1 aromatic carbocycles. The van der Waals surface area contributed by atoms with Gasteiger partial charge in [0.1, 0.15) is 0 Å². The molecule has 0 saturated carbocycles. The van der Waals surface area contributed by atoms with Gasteiger partial charge in [0.05, 0.1) is 0 Å². The fourth-order valence-electron chi connectivity index (χ4n) is 2.17. The summed E-state index contributed by atoms with van der Waals surface area (Å²) in [5, 5.41) is 3.54. The average molecular weight is 219 g/mol. The van der Waals surface area contributed by atoms with Crippen LogP contribution in [0.2, 0.25) is 0 Å². The van der Waals surface area contributed by atoms with Crippen LogP contribution in [0.15, 0.2) is 12.1 Å². The van der Waals surface area contributed by atoms with Crippen LogP contribution in [0.1, 0.15) is 43.0 Å². The van der Waals surface area contributed by atoms with Crippen LogP contribution in [0.5, 0.6) is 0 Å². The van der Waals surface area contributed by atoms with Gasteiger partial charge in [-0.3, -0.25) is 0 Å². The lowest BCUT2D eigenvalue weighted by Gasteiger charge is -2.21. The zero-order chi connectivity index (χ0) is 12.3. The second kappa shape index (κ2) is 5.01. The molecule has 1 nitrogen and oxygen atoms in total. The molecule has 0 aliphatic carbocycles. The van der Waals surface area contributed by atoms with Crippen LogP contribution in [0.4, 0.5) is 0 Å². The van der Waals surface area contributed by atoms with Crippen LogP contribution in [0.3, 0.4) is 0 Å². The van der Waals surface area contributed by atoms with Gasteiger partial charge in [0, 0.05) is 5.54 Å². The molecule has 0 atom stereocenters. The molecule has 0 spiro atoms. The lowest BCUT2D eigenvalue weighted by molar-refractivity contribution is 0.429. The van der Waals surface area contributed by atoms with E-state index in [1.165, 1.54) is 22.3 Å². The van der Waals surface area contributed by atoms with Crippen molar-refractivity contribution in [3.05, 3.63) is 34.4 Å². The molecule has 0 unspecified atom stereocenters. The maximum absolute atomic E-state index is 3.54. The number of hydrogen-bond donors (Lipinski definition) is 1. The highest BCUT2D eigenvalue weighted by Gasteiger charge is 2.09. The molecule has 1 heteroatoms. The quantitative estimate of drug-likeness (QED) is 0.820. The molecular formula is C15H25N. The average Bonchev–Trinajstić information content (AvgIpc) is 2.07. The standard InChI is InChI=1S/C15H25N/c1-11-9-12(2)14(13(3)10-11)7-8-16-15(4,5)6/h9-10,16H,7-8H2,1-6H3. The van der Waals surface area contributed by atoms with Crippen LogP contribution in [0, 0.1) is 20.8 Å². The molecule has 0 amide bonds. The first kappa shape index (κ1) is 13.2. The lowest BCUT2D eigenvalue weighted by atomic mass is 9.97. The normalized spacial score (nSPS) is 11.9. The predicted octanol–water partition coefficient (Wildman–Crippen LogP) is 3.54. The van der Waals surface area contributed by atoms with E-state index in [1.807, 2.05) is 0 Å². The summed E-state index contributed by atoms with van der Waals surface area (Å²) < 4.78 is 0. The number of hydrogen-bond acceptors (Lipinski definition) is 1. The number of aryl methyl sites for hydroxylation is 3. The van der Waals surface area contributed by atoms with E-state index in [0.29, 0.717) is 0 Å². The predicted molar refractivity (Wildman–Crippen MR) is 72.1 cm³/mol. The maximum Gasteiger partial charge on any atom is 0.00966 e. The van der Waals surface area contributed by atoms with Gasteiger partial charge in [0.15, 0.2) is 0 Å². The van der Waals surface area contributed by atoms with Crippen molar-refractivity contribution in [2.24, 2.45) is 0 Å². The van der Waals surface area contributed by atoms with Gasteiger partial charge in [-0.15, -0.1) is 0 Å². The maximum atomic E-state index is 3.54. The van der Waals surface area contributed by atoms with Gasteiger partial charge in [0.2, 0.25) is 0 Å². The minimum absolute atomic E-state index is 0.215. The van der Waals surface area contributed by atoms with Gasteiger partial charge >= 0.3 is 0 Å². The van der Waals surface area contributed by atoms with E-state index >= 15 is 0 Å². The van der Waals surface area contributed by atoms with Gasteiger partial charge in [-0.25, -0.2) is 0 Å². The minimum Gasteiger partial charge on any atom is -0.312 e. The molecule has 1 N–H and O–H groups in total. The molecule has 90 valence electrons. The van der Waals surface area contributed by atoms with Gasteiger partial charge in [-0.05, 0) is 71.2 Å². The van der Waals surface area contributed by atoms with Gasteiger partial charge in [-0.2, -0.15) is 0 Å². The van der Waals surface area contributed by atoms with Gasteiger partial charge in [0.25, 0.3) is 0 Å². The second-order valence-electron chi connectivity index (χ2n) is 5.80. The highest BCUT2D eigenvalue weighted by atomic mass is 14.9. The van der Waals surface area contributed by atoms with Crippen molar-refractivity contribution in [3.63, 3.8) is 0 Å². The van der Waals surface area contributed by atoms with Crippen molar-refractivity contribution in [3.8, 4) is 0 Å². The van der Waals surface area contributed by atoms with Crippen molar-refractivity contribution in [1.82, 2.24) is 5.32 Å². The second-order valence-corrected chi connectivity index (χ2v) is 5.80. The molecule has 0 fully saturated rings. The fourth-order valence-corrected chi connectivity index (χ4v) is 2.17. The monoisotopic (exact) mass is 219 g/mol. The van der Waals surface area contributed by atoms with Crippen molar-refractivity contribution in [2.75, 3.05) is 6.54 Å². The molecule has 0 heterocycles. The first-order valence-corrected chi connectivity index (χ1v) is 6.11. The Morgan fingerprint density at radius 2 is 1.50 bits per heavy atom. The molecule has 0 saturated heterocycles. The van der Waals surface area contributed by atoms with E-state index in [0.717, 1.165) is 13.0 Å². The largest absolute Gasteiger partial charge is 0.312 e. The van der Waals surface area contributed by atoms with Crippen LogP contribution < -0.4 is 5.32 Å². The van der Waals surface area contributed by atoms with Crippen molar-refractivity contribution in [1.29, 1.82) is 0 Å². The third-order valence-corrected chi connectivity index (χ3v) is 2.87. The number of rotatable bonds is 3. The van der Waals surface area contributed by atoms with Crippen molar-refractivity contribution < 1.29 is 0 Å². The third-order valence-electron chi connectivity index (χ3n) is 2.87. The Bertz CT molecular complexity index is 335. The Balaban J connectivity index is 2.68. The Labute approximate surface area is 100 Å². The number of nitrogens with one attached hydrogen (secondary N) is 1. The summed E-state index contributed by atoms with van der Waals surface area (Å²) in [5.74, 6) is 0. The Morgan fingerprint density at radius 3 is 1.94 bits per heavy atom. The van der Waals surface area contributed by atoms with Crippen LogP contribution in [-0.2, 0) is 6.42 Å². The van der Waals surface area contributed by atoms with Crippen LogP contribution >= 0.6 is 0 Å². The van der Waals surface area contributed by atoms with E-state index in [4.69, 9.17) is 0 Å². The Hall–Kier alpha value is -0.820. The summed E-state index contributed by atoms with van der Waals surface area (Å²) in [6.07, 6.45) is 1.12. The molecule has 1 rings (SSSR count).